The Hall–Kier alpha value is 0.593. The molecule has 0 bridgehead atoms. The quantitative estimate of drug-likeness (QED) is 0.180. The zero-order chi connectivity index (χ0) is 16.5. The third-order valence-electron chi connectivity index (χ3n) is 3.89. The molecule has 0 atom stereocenters. The molecule has 0 saturated heterocycles. The van der Waals surface area contributed by atoms with Crippen LogP contribution >= 0.6 is 25.6 Å². The van der Waals surface area contributed by atoms with Crippen molar-refractivity contribution in [1.29, 1.82) is 0 Å². The molecule has 0 heterocycles. The maximum absolute atomic E-state index is 11.0. The van der Waals surface area contributed by atoms with Gasteiger partial charge in [0, 0.05) is 19.5 Å². The number of amides is 1. The molecule has 0 aromatic carbocycles. The third kappa shape index (κ3) is 20.5. The van der Waals surface area contributed by atoms with E-state index in [2.05, 4.69) is 32.6 Å². The Bertz CT molecular complexity index is 257. The average molecular weight is 415 g/mol. The van der Waals surface area contributed by atoms with E-state index in [1.807, 2.05) is 0 Å². The first-order valence-corrected chi connectivity index (χ1v) is 9.83. The molecule has 6 heteroatoms. The van der Waals surface area contributed by atoms with E-state index in [0.717, 1.165) is 16.6 Å². The van der Waals surface area contributed by atoms with E-state index in [9.17, 15) is 4.79 Å². The van der Waals surface area contributed by atoms with Crippen LogP contribution in [0, 0.1) is 0 Å². The van der Waals surface area contributed by atoms with Gasteiger partial charge in [0.05, 0.1) is 6.61 Å². The van der Waals surface area contributed by atoms with E-state index in [-0.39, 0.29) is 19.5 Å². The number of ether oxygens (including phenoxy) is 1. The van der Waals surface area contributed by atoms with Crippen molar-refractivity contribution in [3.63, 3.8) is 0 Å². The van der Waals surface area contributed by atoms with E-state index in [1.165, 1.54) is 77.0 Å². The number of thiol groups is 2. The minimum Gasteiger partial charge on any atom is -0.448 e. The summed E-state index contributed by atoms with van der Waals surface area (Å²) in [6.07, 6.45) is 18.1. The summed E-state index contributed by atoms with van der Waals surface area (Å²) >= 11 is 7.49. The van der Waals surface area contributed by atoms with Crippen molar-refractivity contribution in [2.75, 3.05) is 6.61 Å². The molecule has 134 valence electrons. The molecular formula is C17H35NO2S2Zn. The molecule has 0 aromatic heterocycles. The summed E-state index contributed by atoms with van der Waals surface area (Å²) in [7, 11) is 0. The predicted molar refractivity (Wildman–Crippen MR) is 101 cm³/mol. The second-order valence-electron chi connectivity index (χ2n) is 6.00. The van der Waals surface area contributed by atoms with Crippen LogP contribution in [-0.2, 0) is 24.2 Å². The van der Waals surface area contributed by atoms with Crippen LogP contribution in [0.2, 0.25) is 0 Å². The van der Waals surface area contributed by atoms with E-state index in [4.69, 9.17) is 4.74 Å². The monoisotopic (exact) mass is 413 g/mol. The summed E-state index contributed by atoms with van der Waals surface area (Å²) in [5.41, 5.74) is 0. The van der Waals surface area contributed by atoms with Gasteiger partial charge in [-0.3, -0.25) is 0 Å². The second-order valence-corrected chi connectivity index (χ2v) is 7.12. The fraction of sp³-hybridized carbons (Fsp3) is 0.941. The van der Waals surface area contributed by atoms with Crippen molar-refractivity contribution in [3.05, 3.63) is 0 Å². The van der Waals surface area contributed by atoms with Crippen LogP contribution in [0.1, 0.15) is 96.8 Å². The van der Waals surface area contributed by atoms with Gasteiger partial charge in [0.25, 0.3) is 0 Å². The average Bonchev–Trinajstić information content (AvgIpc) is 2.50. The maximum Gasteiger partial charge on any atom is 0.429 e. The molecule has 0 aromatic rings. The van der Waals surface area contributed by atoms with E-state index >= 15 is 0 Å². The molecule has 0 unspecified atom stereocenters. The topological polar surface area (TPSA) is 29.5 Å². The maximum atomic E-state index is 11.0. The zero-order valence-corrected chi connectivity index (χ0v) is 19.7. The summed E-state index contributed by atoms with van der Waals surface area (Å²) in [5, 5.41) is 0. The molecule has 0 fully saturated rings. The molecule has 0 radical (unpaired) electrons. The molecule has 0 spiro atoms. The first-order valence-electron chi connectivity index (χ1n) is 9.03. The normalized spacial score (nSPS) is 10.2. The van der Waals surface area contributed by atoms with Gasteiger partial charge in [-0.15, -0.1) is 0 Å². The summed E-state index contributed by atoms with van der Waals surface area (Å²) in [4.78, 5) is 11.0. The molecule has 0 aliphatic rings. The smallest absolute Gasteiger partial charge is 0.429 e. The minimum atomic E-state index is -0.499. The van der Waals surface area contributed by atoms with Crippen LogP contribution in [0.4, 0.5) is 4.79 Å². The van der Waals surface area contributed by atoms with E-state index in [1.54, 1.807) is 0 Å². The van der Waals surface area contributed by atoms with Crippen molar-refractivity contribution in [3.8, 4) is 0 Å². The molecule has 3 nitrogen and oxygen atoms in total. The summed E-state index contributed by atoms with van der Waals surface area (Å²) in [5.74, 6) is 0. The van der Waals surface area contributed by atoms with E-state index < -0.39 is 6.09 Å². The van der Waals surface area contributed by atoms with Crippen molar-refractivity contribution < 1.29 is 29.0 Å². The van der Waals surface area contributed by atoms with Crippen molar-refractivity contribution in [2.45, 2.75) is 96.8 Å². The summed E-state index contributed by atoms with van der Waals surface area (Å²) in [6, 6.07) is 0. The van der Waals surface area contributed by atoms with Gasteiger partial charge < -0.3 is 4.74 Å². The van der Waals surface area contributed by atoms with Gasteiger partial charge in [0.15, 0.2) is 0 Å². The Morgan fingerprint density at radius 1 is 0.739 bits per heavy atom. The van der Waals surface area contributed by atoms with Gasteiger partial charge in [0.2, 0.25) is 0 Å². The number of hydrogen-bond donors (Lipinski definition) is 2. The number of unbranched alkanes of at least 4 members (excludes halogenated alkanes) is 13. The summed E-state index contributed by atoms with van der Waals surface area (Å²) < 4.78 is 5.81. The fourth-order valence-corrected chi connectivity index (χ4v) is 2.63. The molecular weight excluding hydrogens is 380 g/mol. The number of carbonyl (C=O) groups is 1. The van der Waals surface area contributed by atoms with Crippen LogP contribution in [0.15, 0.2) is 0 Å². The molecule has 0 aliphatic carbocycles. The Balaban J connectivity index is 0. The number of carbonyl (C=O) groups excluding carboxylic acids is 1. The summed E-state index contributed by atoms with van der Waals surface area (Å²) in [6.45, 7) is 2.73. The van der Waals surface area contributed by atoms with Crippen LogP contribution in [0.5, 0.6) is 0 Å². The zero-order valence-electron chi connectivity index (χ0n) is 15.0. The standard InChI is InChI=1S/C17H35NO2S2.Zn/c1-2-3-4-5-6-7-8-9-10-11-12-13-14-15-16-20-17(19)18(21)22;/h21-22H,2-16H2,1H3;. The molecule has 0 saturated carbocycles. The number of hydrogen-bond acceptors (Lipinski definition) is 4. The van der Waals surface area contributed by atoms with Gasteiger partial charge in [-0.2, -0.15) is 3.71 Å². The fourth-order valence-electron chi connectivity index (χ4n) is 2.51. The Labute approximate surface area is 167 Å². The predicted octanol–water partition coefficient (Wildman–Crippen LogP) is 6.59. The molecule has 0 N–H and O–H groups in total. The van der Waals surface area contributed by atoms with Crippen LogP contribution in [-0.4, -0.2) is 16.4 Å². The van der Waals surface area contributed by atoms with Gasteiger partial charge in [-0.25, -0.2) is 4.79 Å². The number of rotatable bonds is 15. The third-order valence-corrected chi connectivity index (χ3v) is 4.21. The van der Waals surface area contributed by atoms with Crippen molar-refractivity contribution >= 4 is 31.7 Å². The second kappa shape index (κ2) is 20.6. The Kier molecular flexibility index (Phi) is 23.2. The minimum absolute atomic E-state index is 0. The first-order chi connectivity index (χ1) is 10.7. The SMILES string of the molecule is CCCCCCCCCCCCCCCCOC(=O)N(S)S.[Zn]. The molecule has 0 aliphatic heterocycles. The van der Waals surface area contributed by atoms with Gasteiger partial charge in [-0.05, 0) is 32.1 Å². The number of nitrogens with zero attached hydrogens (tertiary/aromatic N) is 1. The van der Waals surface area contributed by atoms with Gasteiger partial charge in [-0.1, -0.05) is 90.4 Å². The van der Waals surface area contributed by atoms with Crippen LogP contribution < -0.4 is 0 Å². The van der Waals surface area contributed by atoms with E-state index in [0.29, 0.717) is 6.61 Å². The first kappa shape index (κ1) is 25.8. The Morgan fingerprint density at radius 2 is 1.09 bits per heavy atom. The van der Waals surface area contributed by atoms with Crippen molar-refractivity contribution in [1.82, 2.24) is 3.71 Å². The molecule has 0 rings (SSSR count). The van der Waals surface area contributed by atoms with Gasteiger partial charge >= 0.3 is 6.09 Å². The molecule has 23 heavy (non-hydrogen) atoms. The largest absolute Gasteiger partial charge is 0.448 e. The van der Waals surface area contributed by atoms with Crippen LogP contribution in [0.25, 0.3) is 0 Å². The Morgan fingerprint density at radius 3 is 1.43 bits per heavy atom. The van der Waals surface area contributed by atoms with Crippen LogP contribution in [0.3, 0.4) is 0 Å². The molecule has 1 amide bonds. The van der Waals surface area contributed by atoms with Crippen molar-refractivity contribution in [2.24, 2.45) is 0 Å². The van der Waals surface area contributed by atoms with Gasteiger partial charge in [0.1, 0.15) is 0 Å².